The third-order valence-corrected chi connectivity index (χ3v) is 2.79. The molecule has 0 aliphatic heterocycles. The highest BCUT2D eigenvalue weighted by molar-refractivity contribution is 6.04. The molecule has 2 rings (SSSR count). The molecule has 2 aromatic rings. The Bertz CT molecular complexity index is 626. The molecule has 0 spiro atoms. The van der Waals surface area contributed by atoms with Crippen LogP contribution in [-0.2, 0) is 0 Å². The van der Waals surface area contributed by atoms with Crippen molar-refractivity contribution < 1.29 is 23.5 Å². The average molecular weight is 292 g/mol. The summed E-state index contributed by atoms with van der Waals surface area (Å²) in [6.45, 7) is 1.76. The molecule has 7 heteroatoms. The number of anilines is 1. The Labute approximate surface area is 121 Å². The van der Waals surface area contributed by atoms with Crippen molar-refractivity contribution in [3.63, 3.8) is 0 Å². The maximum absolute atomic E-state index is 12.2. The zero-order chi connectivity index (χ0) is 15.4. The molecule has 0 aliphatic rings. The average Bonchev–Trinajstić information content (AvgIpc) is 2.90. The summed E-state index contributed by atoms with van der Waals surface area (Å²) in [7, 11) is 4.47. The molecule has 21 heavy (non-hydrogen) atoms. The van der Waals surface area contributed by atoms with Gasteiger partial charge in [0.25, 0.3) is 5.91 Å². The molecule has 1 N–H and O–H groups in total. The Kier molecular flexibility index (Phi) is 4.32. The summed E-state index contributed by atoms with van der Waals surface area (Å²) in [6, 6.07) is 4.73. The summed E-state index contributed by atoms with van der Waals surface area (Å²) < 4.78 is 20.6. The van der Waals surface area contributed by atoms with Gasteiger partial charge in [-0.3, -0.25) is 10.1 Å². The first-order chi connectivity index (χ1) is 10.1. The molecule has 1 aromatic heterocycles. The van der Waals surface area contributed by atoms with E-state index in [1.807, 2.05) is 0 Å². The summed E-state index contributed by atoms with van der Waals surface area (Å²) in [5.41, 5.74) is 1.02. The highest BCUT2D eigenvalue weighted by Crippen LogP contribution is 2.38. The van der Waals surface area contributed by atoms with Crippen LogP contribution < -0.4 is 19.5 Å². The van der Waals surface area contributed by atoms with Gasteiger partial charge in [-0.1, -0.05) is 5.16 Å². The third kappa shape index (κ3) is 3.07. The third-order valence-electron chi connectivity index (χ3n) is 2.79. The number of carbonyl (C=O) groups is 1. The minimum atomic E-state index is -0.370. The van der Waals surface area contributed by atoms with Crippen LogP contribution in [0.5, 0.6) is 17.2 Å². The van der Waals surface area contributed by atoms with Gasteiger partial charge in [0.05, 0.1) is 27.0 Å². The standard InChI is InChI=1S/C14H16N2O5/c1-8-5-12(21-16-8)15-14(17)9-6-10(18-2)13(20-4)11(7-9)19-3/h5-7H,1-4H3,(H,15,17). The van der Waals surface area contributed by atoms with Gasteiger partial charge in [-0.2, -0.15) is 0 Å². The van der Waals surface area contributed by atoms with Gasteiger partial charge in [-0.05, 0) is 19.1 Å². The molecule has 0 atom stereocenters. The van der Waals surface area contributed by atoms with E-state index in [4.69, 9.17) is 18.7 Å². The number of ether oxygens (including phenoxy) is 3. The van der Waals surface area contributed by atoms with Crippen molar-refractivity contribution >= 4 is 11.8 Å². The summed E-state index contributed by atoms with van der Waals surface area (Å²) >= 11 is 0. The molecule has 112 valence electrons. The fourth-order valence-electron chi connectivity index (χ4n) is 1.82. The molecule has 7 nitrogen and oxygen atoms in total. The molecule has 0 saturated heterocycles. The first-order valence-corrected chi connectivity index (χ1v) is 6.13. The molecule has 1 heterocycles. The molecule has 0 fully saturated rings. The van der Waals surface area contributed by atoms with Crippen molar-refractivity contribution in [3.8, 4) is 17.2 Å². The second-order valence-corrected chi connectivity index (χ2v) is 4.20. The second-order valence-electron chi connectivity index (χ2n) is 4.20. The first-order valence-electron chi connectivity index (χ1n) is 6.13. The minimum Gasteiger partial charge on any atom is -0.493 e. The topological polar surface area (TPSA) is 82.8 Å². The minimum absolute atomic E-state index is 0.270. The zero-order valence-electron chi connectivity index (χ0n) is 12.2. The molecule has 0 unspecified atom stereocenters. The van der Waals surface area contributed by atoms with Crippen molar-refractivity contribution in [2.24, 2.45) is 0 Å². The predicted molar refractivity (Wildman–Crippen MR) is 75.3 cm³/mol. The number of rotatable bonds is 5. The number of aryl methyl sites for hydroxylation is 1. The lowest BCUT2D eigenvalue weighted by Crippen LogP contribution is -2.12. The van der Waals surface area contributed by atoms with E-state index in [0.29, 0.717) is 28.5 Å². The SMILES string of the molecule is COc1cc(C(=O)Nc2cc(C)no2)cc(OC)c1OC. The Balaban J connectivity index is 2.32. The number of benzene rings is 1. The van der Waals surface area contributed by atoms with Gasteiger partial charge in [0.1, 0.15) is 0 Å². The monoisotopic (exact) mass is 292 g/mol. The van der Waals surface area contributed by atoms with Crippen LogP contribution >= 0.6 is 0 Å². The quantitative estimate of drug-likeness (QED) is 0.910. The van der Waals surface area contributed by atoms with Gasteiger partial charge in [0.15, 0.2) is 11.5 Å². The predicted octanol–water partition coefficient (Wildman–Crippen LogP) is 2.26. The Morgan fingerprint density at radius 1 is 1.10 bits per heavy atom. The fourth-order valence-corrected chi connectivity index (χ4v) is 1.82. The van der Waals surface area contributed by atoms with Crippen LogP contribution in [0.1, 0.15) is 16.1 Å². The number of carbonyl (C=O) groups excluding carboxylic acids is 1. The summed E-state index contributed by atoms with van der Waals surface area (Å²) in [4.78, 5) is 12.2. The van der Waals surface area contributed by atoms with E-state index >= 15 is 0 Å². The van der Waals surface area contributed by atoms with Gasteiger partial charge in [-0.15, -0.1) is 0 Å². The van der Waals surface area contributed by atoms with Crippen LogP contribution in [0.25, 0.3) is 0 Å². The van der Waals surface area contributed by atoms with Crippen molar-refractivity contribution in [1.82, 2.24) is 5.16 Å². The number of nitrogens with zero attached hydrogens (tertiary/aromatic N) is 1. The van der Waals surface area contributed by atoms with E-state index in [0.717, 1.165) is 0 Å². The molecule has 0 radical (unpaired) electrons. The molecule has 0 aliphatic carbocycles. The van der Waals surface area contributed by atoms with Crippen LogP contribution in [-0.4, -0.2) is 32.4 Å². The summed E-state index contributed by atoms with van der Waals surface area (Å²) in [6.07, 6.45) is 0. The number of hydrogen-bond donors (Lipinski definition) is 1. The number of hydrogen-bond acceptors (Lipinski definition) is 6. The first kappa shape index (κ1) is 14.7. The molecular weight excluding hydrogens is 276 g/mol. The van der Waals surface area contributed by atoms with E-state index in [1.165, 1.54) is 21.3 Å². The zero-order valence-corrected chi connectivity index (χ0v) is 12.2. The van der Waals surface area contributed by atoms with E-state index in [-0.39, 0.29) is 11.8 Å². The number of aromatic nitrogens is 1. The lowest BCUT2D eigenvalue weighted by atomic mass is 10.1. The lowest BCUT2D eigenvalue weighted by molar-refractivity contribution is 0.102. The van der Waals surface area contributed by atoms with Gasteiger partial charge in [-0.25, -0.2) is 0 Å². The van der Waals surface area contributed by atoms with E-state index < -0.39 is 0 Å². The smallest absolute Gasteiger partial charge is 0.258 e. The maximum atomic E-state index is 12.2. The Morgan fingerprint density at radius 2 is 1.71 bits per heavy atom. The van der Waals surface area contributed by atoms with Crippen LogP contribution in [0.2, 0.25) is 0 Å². The normalized spacial score (nSPS) is 10.1. The highest BCUT2D eigenvalue weighted by atomic mass is 16.5. The number of methoxy groups -OCH3 is 3. The largest absolute Gasteiger partial charge is 0.493 e. The molecule has 1 amide bonds. The van der Waals surface area contributed by atoms with Gasteiger partial charge in [0, 0.05) is 11.6 Å². The van der Waals surface area contributed by atoms with Crippen LogP contribution in [0.3, 0.4) is 0 Å². The van der Waals surface area contributed by atoms with Crippen LogP contribution in [0, 0.1) is 6.92 Å². The number of nitrogens with one attached hydrogen (secondary N) is 1. The molecular formula is C14H16N2O5. The fraction of sp³-hybridized carbons (Fsp3) is 0.286. The number of amides is 1. The Hall–Kier alpha value is -2.70. The summed E-state index contributed by atoms with van der Waals surface area (Å²) in [5, 5.41) is 6.30. The van der Waals surface area contributed by atoms with Crippen molar-refractivity contribution in [3.05, 3.63) is 29.5 Å². The van der Waals surface area contributed by atoms with Gasteiger partial charge in [0.2, 0.25) is 11.6 Å². The molecule has 0 saturated carbocycles. The van der Waals surface area contributed by atoms with E-state index in [2.05, 4.69) is 10.5 Å². The molecule has 1 aromatic carbocycles. The van der Waals surface area contributed by atoms with Crippen molar-refractivity contribution in [2.75, 3.05) is 26.6 Å². The summed E-state index contributed by atoms with van der Waals surface area (Å²) in [5.74, 6) is 1.12. The van der Waals surface area contributed by atoms with Crippen molar-refractivity contribution in [1.29, 1.82) is 0 Å². The Morgan fingerprint density at radius 3 is 2.14 bits per heavy atom. The van der Waals surface area contributed by atoms with Crippen LogP contribution in [0.4, 0.5) is 5.88 Å². The van der Waals surface area contributed by atoms with Gasteiger partial charge < -0.3 is 18.7 Å². The second kappa shape index (κ2) is 6.17. The lowest BCUT2D eigenvalue weighted by Gasteiger charge is -2.13. The van der Waals surface area contributed by atoms with Crippen LogP contribution in [0.15, 0.2) is 22.7 Å². The van der Waals surface area contributed by atoms with Gasteiger partial charge >= 0.3 is 0 Å². The van der Waals surface area contributed by atoms with E-state index in [1.54, 1.807) is 25.1 Å². The highest BCUT2D eigenvalue weighted by Gasteiger charge is 2.17. The molecule has 0 bridgehead atoms. The maximum Gasteiger partial charge on any atom is 0.258 e. The van der Waals surface area contributed by atoms with Crippen molar-refractivity contribution in [2.45, 2.75) is 6.92 Å². The van der Waals surface area contributed by atoms with E-state index in [9.17, 15) is 4.79 Å².